The molecule has 0 aliphatic heterocycles. The predicted molar refractivity (Wildman–Crippen MR) is 66.4 cm³/mol. The lowest BCUT2D eigenvalue weighted by molar-refractivity contribution is 1.26. The lowest BCUT2D eigenvalue weighted by atomic mass is 10.0. The maximum Gasteiger partial charge on any atom is 0.204 e. The van der Waals surface area contributed by atoms with Crippen molar-refractivity contribution in [1.82, 2.24) is 15.0 Å². The van der Waals surface area contributed by atoms with Gasteiger partial charge >= 0.3 is 0 Å². The first kappa shape index (κ1) is 8.64. The number of hydrogen-bond donors (Lipinski definition) is 1. The van der Waals surface area contributed by atoms with E-state index in [-0.39, 0.29) is 5.43 Å². The van der Waals surface area contributed by atoms with Gasteiger partial charge in [0.1, 0.15) is 0 Å². The van der Waals surface area contributed by atoms with Gasteiger partial charge in [-0.3, -0.25) is 9.78 Å². The fourth-order valence-corrected chi connectivity index (χ4v) is 2.37. The molecular formula is C13H7N3O. The quantitative estimate of drug-likeness (QED) is 0.462. The van der Waals surface area contributed by atoms with Crippen molar-refractivity contribution in [2.24, 2.45) is 0 Å². The van der Waals surface area contributed by atoms with Gasteiger partial charge in [0.25, 0.3) is 0 Å². The van der Waals surface area contributed by atoms with E-state index in [1.165, 1.54) is 6.20 Å². The molecule has 0 unspecified atom stereocenters. The Morgan fingerprint density at radius 2 is 1.76 bits per heavy atom. The summed E-state index contributed by atoms with van der Waals surface area (Å²) in [6.07, 6.45) is 3.03. The van der Waals surface area contributed by atoms with E-state index in [0.29, 0.717) is 5.39 Å². The molecule has 0 atom stereocenters. The second-order valence-electron chi connectivity index (χ2n) is 4.04. The van der Waals surface area contributed by atoms with Gasteiger partial charge in [0.2, 0.25) is 5.43 Å². The van der Waals surface area contributed by atoms with Crippen LogP contribution in [-0.4, -0.2) is 15.0 Å². The molecule has 0 fully saturated rings. The second kappa shape index (κ2) is 2.79. The molecule has 0 saturated carbocycles. The van der Waals surface area contributed by atoms with Gasteiger partial charge in [0.05, 0.1) is 23.6 Å². The van der Waals surface area contributed by atoms with Crippen molar-refractivity contribution >= 4 is 32.7 Å². The number of hydrogen-bond acceptors (Lipinski definition) is 3. The number of benzene rings is 2. The maximum atomic E-state index is 11.8. The number of rotatable bonds is 0. The summed E-state index contributed by atoms with van der Waals surface area (Å²) in [6, 6.07) is 7.57. The van der Waals surface area contributed by atoms with Crippen LogP contribution in [0.4, 0.5) is 0 Å². The Labute approximate surface area is 95.3 Å². The molecule has 2 aromatic heterocycles. The highest BCUT2D eigenvalue weighted by atomic mass is 16.1. The summed E-state index contributed by atoms with van der Waals surface area (Å²) in [5.74, 6) is 0. The van der Waals surface area contributed by atoms with E-state index in [1.807, 2.05) is 24.3 Å². The highest BCUT2D eigenvalue weighted by Gasteiger charge is 2.10. The summed E-state index contributed by atoms with van der Waals surface area (Å²) in [5.41, 5.74) is 2.64. The number of aromatic amines is 1. The third-order valence-electron chi connectivity index (χ3n) is 3.13. The molecule has 4 aromatic rings. The third kappa shape index (κ3) is 0.990. The number of nitrogens with zero attached hydrogens (tertiary/aromatic N) is 2. The van der Waals surface area contributed by atoms with E-state index in [1.54, 1.807) is 6.33 Å². The molecule has 4 rings (SSSR count). The predicted octanol–water partition coefficient (Wildman–Crippen LogP) is 2.06. The molecular weight excluding hydrogens is 214 g/mol. The lowest BCUT2D eigenvalue weighted by Gasteiger charge is -2.07. The van der Waals surface area contributed by atoms with E-state index in [0.717, 1.165) is 27.3 Å². The summed E-state index contributed by atoms with van der Waals surface area (Å²) in [4.78, 5) is 23.3. The normalized spacial score (nSPS) is 11.8. The Morgan fingerprint density at radius 3 is 2.71 bits per heavy atom. The first-order chi connectivity index (χ1) is 8.34. The summed E-state index contributed by atoms with van der Waals surface area (Å²) < 4.78 is 0. The van der Waals surface area contributed by atoms with E-state index < -0.39 is 0 Å². The van der Waals surface area contributed by atoms with Crippen LogP contribution in [-0.2, 0) is 0 Å². The summed E-state index contributed by atoms with van der Waals surface area (Å²) >= 11 is 0. The fourth-order valence-electron chi connectivity index (χ4n) is 2.37. The van der Waals surface area contributed by atoms with E-state index >= 15 is 0 Å². The van der Waals surface area contributed by atoms with Crippen LogP contribution in [0.25, 0.3) is 32.7 Å². The zero-order valence-corrected chi connectivity index (χ0v) is 8.77. The van der Waals surface area contributed by atoms with Gasteiger partial charge in [-0.1, -0.05) is 0 Å². The topological polar surface area (TPSA) is 58.6 Å². The van der Waals surface area contributed by atoms with Crippen molar-refractivity contribution in [2.75, 3.05) is 0 Å². The number of nitrogens with one attached hydrogen (secondary N) is 1. The molecule has 1 N–H and O–H groups in total. The van der Waals surface area contributed by atoms with Gasteiger partial charge in [0.15, 0.2) is 0 Å². The van der Waals surface area contributed by atoms with Crippen LogP contribution >= 0.6 is 0 Å². The Morgan fingerprint density at radius 1 is 0.941 bits per heavy atom. The Balaban J connectivity index is 2.53. The molecule has 0 bridgehead atoms. The number of H-pyrrole nitrogens is 1. The van der Waals surface area contributed by atoms with Crippen LogP contribution in [0.15, 0.2) is 41.6 Å². The lowest BCUT2D eigenvalue weighted by Crippen LogP contribution is -2.02. The van der Waals surface area contributed by atoms with Crippen LogP contribution in [0.2, 0.25) is 0 Å². The number of pyridine rings is 1. The van der Waals surface area contributed by atoms with Crippen LogP contribution in [0.5, 0.6) is 0 Å². The summed E-state index contributed by atoms with van der Waals surface area (Å²) in [7, 11) is 0. The molecule has 0 aliphatic carbocycles. The van der Waals surface area contributed by atoms with Gasteiger partial charge in [-0.05, 0) is 24.3 Å². The molecule has 0 aliphatic rings. The van der Waals surface area contributed by atoms with Gasteiger partial charge in [-0.2, -0.15) is 0 Å². The van der Waals surface area contributed by atoms with Gasteiger partial charge in [0, 0.05) is 21.7 Å². The van der Waals surface area contributed by atoms with E-state index in [9.17, 15) is 4.79 Å². The van der Waals surface area contributed by atoms with Crippen LogP contribution < -0.4 is 5.43 Å². The molecule has 4 heteroatoms. The summed E-state index contributed by atoms with van der Waals surface area (Å²) in [6.45, 7) is 0. The molecule has 17 heavy (non-hydrogen) atoms. The van der Waals surface area contributed by atoms with Gasteiger partial charge in [-0.25, -0.2) is 4.98 Å². The van der Waals surface area contributed by atoms with Crippen molar-refractivity contribution in [3.05, 3.63) is 47.0 Å². The fraction of sp³-hybridized carbons (Fsp3) is 0. The minimum absolute atomic E-state index is 0.0456. The standard InChI is InChI=1S/C13H7N3O/c17-11-5-14-8-3-4-10-13-9(15-6-16-10)2-1-7(11)12(8)13/h1-6H,(H,15,16). The van der Waals surface area contributed by atoms with E-state index in [4.69, 9.17) is 0 Å². The number of aromatic nitrogens is 3. The molecule has 0 saturated heterocycles. The molecule has 0 radical (unpaired) electrons. The van der Waals surface area contributed by atoms with Crippen LogP contribution in [0, 0.1) is 0 Å². The second-order valence-corrected chi connectivity index (χ2v) is 4.04. The highest BCUT2D eigenvalue weighted by molar-refractivity contribution is 6.19. The monoisotopic (exact) mass is 221 g/mol. The Kier molecular flexibility index (Phi) is 1.42. The Bertz CT molecular complexity index is 895. The SMILES string of the molecule is O=c1cnc2ccc3[nH]cnc4ccc1c2c43. The van der Waals surface area contributed by atoms with Crippen LogP contribution in [0.1, 0.15) is 0 Å². The average molecular weight is 221 g/mol. The molecule has 2 heterocycles. The minimum atomic E-state index is -0.0456. The largest absolute Gasteiger partial charge is 0.346 e. The molecule has 4 nitrogen and oxygen atoms in total. The zero-order valence-electron chi connectivity index (χ0n) is 8.77. The van der Waals surface area contributed by atoms with Crippen molar-refractivity contribution < 1.29 is 0 Å². The van der Waals surface area contributed by atoms with Crippen molar-refractivity contribution in [3.8, 4) is 0 Å². The smallest absolute Gasteiger partial charge is 0.204 e. The highest BCUT2D eigenvalue weighted by Crippen LogP contribution is 2.29. The van der Waals surface area contributed by atoms with Crippen molar-refractivity contribution in [2.45, 2.75) is 0 Å². The van der Waals surface area contributed by atoms with Crippen molar-refractivity contribution in [1.29, 1.82) is 0 Å². The molecule has 0 spiro atoms. The average Bonchev–Trinajstić information content (AvgIpc) is 2.38. The Hall–Kier alpha value is -2.49. The summed E-state index contributed by atoms with van der Waals surface area (Å²) in [5, 5.41) is 2.58. The molecule has 2 aromatic carbocycles. The zero-order chi connectivity index (χ0) is 11.4. The first-order valence-electron chi connectivity index (χ1n) is 5.32. The third-order valence-corrected chi connectivity index (χ3v) is 3.13. The molecule has 0 amide bonds. The maximum absolute atomic E-state index is 11.8. The van der Waals surface area contributed by atoms with Crippen molar-refractivity contribution in [3.63, 3.8) is 0 Å². The molecule has 80 valence electrons. The van der Waals surface area contributed by atoms with Crippen LogP contribution in [0.3, 0.4) is 0 Å². The minimum Gasteiger partial charge on any atom is -0.346 e. The van der Waals surface area contributed by atoms with E-state index in [2.05, 4.69) is 15.0 Å². The van der Waals surface area contributed by atoms with Gasteiger partial charge < -0.3 is 4.98 Å². The first-order valence-corrected chi connectivity index (χ1v) is 5.32. The van der Waals surface area contributed by atoms with Gasteiger partial charge in [-0.15, -0.1) is 0 Å².